The summed E-state index contributed by atoms with van der Waals surface area (Å²) >= 11 is 3.35. The highest BCUT2D eigenvalue weighted by molar-refractivity contribution is 9.09. The summed E-state index contributed by atoms with van der Waals surface area (Å²) in [5, 5.41) is 0.791. The fourth-order valence-electron chi connectivity index (χ4n) is 2.07. The van der Waals surface area contributed by atoms with Gasteiger partial charge in [0, 0.05) is 24.0 Å². The van der Waals surface area contributed by atoms with Crippen LogP contribution in [0.15, 0.2) is 0 Å². The summed E-state index contributed by atoms with van der Waals surface area (Å²) in [5.41, 5.74) is -0.400. The first-order valence-corrected chi connectivity index (χ1v) is 8.68. The van der Waals surface area contributed by atoms with Gasteiger partial charge in [0.2, 0.25) is 0 Å². The van der Waals surface area contributed by atoms with Gasteiger partial charge in [-0.15, -0.1) is 0 Å². The molecule has 17 heavy (non-hydrogen) atoms. The maximum absolute atomic E-state index is 12.2. The van der Waals surface area contributed by atoms with E-state index < -0.39 is 15.7 Å². The molecule has 0 aliphatic carbocycles. The molecule has 0 saturated carbocycles. The van der Waals surface area contributed by atoms with Crippen LogP contribution in [0.4, 0.5) is 0 Å². The van der Waals surface area contributed by atoms with Crippen molar-refractivity contribution in [3.8, 4) is 0 Å². The van der Waals surface area contributed by atoms with Gasteiger partial charge < -0.3 is 0 Å². The zero-order chi connectivity index (χ0) is 13.1. The number of piperidine rings is 1. The van der Waals surface area contributed by atoms with Crippen molar-refractivity contribution in [2.75, 3.05) is 18.4 Å². The van der Waals surface area contributed by atoms with Crippen molar-refractivity contribution >= 4 is 26.1 Å². The van der Waals surface area contributed by atoms with Crippen LogP contribution in [0.3, 0.4) is 0 Å². The molecule has 0 aromatic heterocycles. The van der Waals surface area contributed by atoms with Crippen LogP contribution in [0.1, 0.15) is 40.0 Å². The Morgan fingerprint density at radius 1 is 1.47 bits per heavy atom. The van der Waals surface area contributed by atoms with Crippen LogP contribution in [0.5, 0.6) is 0 Å². The fraction of sp³-hybridized carbons (Fsp3) is 1.00. The van der Waals surface area contributed by atoms with E-state index in [0.717, 1.165) is 24.6 Å². The Hall–Kier alpha value is 0.350. The lowest BCUT2D eigenvalue weighted by atomic mass is 10.0. The Morgan fingerprint density at radius 3 is 2.65 bits per heavy atom. The molecule has 0 amide bonds. The molecule has 1 atom stereocenters. The molecule has 1 aliphatic rings. The third-order valence-corrected chi connectivity index (χ3v) is 5.30. The Bertz CT molecular complexity index is 343. The molecule has 0 spiro atoms. The van der Waals surface area contributed by atoms with E-state index in [2.05, 4.69) is 27.6 Å². The van der Waals surface area contributed by atoms with Crippen LogP contribution >= 0.6 is 15.9 Å². The predicted octanol–water partition coefficient (Wildman–Crippen LogP) is 2.12. The van der Waals surface area contributed by atoms with Gasteiger partial charge in [-0.3, -0.25) is 0 Å². The minimum Gasteiger partial charge on any atom is -0.196 e. The Labute approximate surface area is 113 Å². The number of nitrogens with zero attached hydrogens (tertiary/aromatic N) is 1. The largest absolute Gasteiger partial charge is 0.279 e. The van der Waals surface area contributed by atoms with E-state index in [1.807, 2.05) is 13.8 Å². The number of hydrogen-bond donors (Lipinski definition) is 1. The second-order valence-corrected chi connectivity index (χ2v) is 8.00. The fourth-order valence-corrected chi connectivity index (χ4v) is 4.81. The van der Waals surface area contributed by atoms with E-state index in [9.17, 15) is 8.42 Å². The van der Waals surface area contributed by atoms with Crippen LogP contribution in [-0.4, -0.2) is 36.7 Å². The molecular weight excluding hydrogens is 304 g/mol. The monoisotopic (exact) mass is 326 g/mol. The number of alkyl halides is 1. The molecule has 1 aliphatic heterocycles. The molecule has 0 aromatic carbocycles. The first kappa shape index (κ1) is 15.4. The summed E-state index contributed by atoms with van der Waals surface area (Å²) in [6.45, 7) is 7.22. The van der Waals surface area contributed by atoms with Crippen molar-refractivity contribution in [2.24, 2.45) is 5.92 Å². The summed E-state index contributed by atoms with van der Waals surface area (Å²) in [7, 11) is -3.33. The van der Waals surface area contributed by atoms with Crippen molar-refractivity contribution in [1.82, 2.24) is 9.03 Å². The first-order valence-electron chi connectivity index (χ1n) is 6.12. The van der Waals surface area contributed by atoms with E-state index in [1.54, 1.807) is 4.31 Å². The van der Waals surface area contributed by atoms with Crippen LogP contribution in [0.2, 0.25) is 0 Å². The van der Waals surface area contributed by atoms with Crippen molar-refractivity contribution in [3.05, 3.63) is 0 Å². The van der Waals surface area contributed by atoms with Gasteiger partial charge in [-0.25, -0.2) is 0 Å². The zero-order valence-corrected chi connectivity index (χ0v) is 13.3. The van der Waals surface area contributed by atoms with Gasteiger partial charge in [-0.2, -0.15) is 17.4 Å². The van der Waals surface area contributed by atoms with Crippen LogP contribution in [0.25, 0.3) is 0 Å². The maximum Gasteiger partial charge on any atom is 0.279 e. The second kappa shape index (κ2) is 5.99. The van der Waals surface area contributed by atoms with Gasteiger partial charge in [0.1, 0.15) is 0 Å². The van der Waals surface area contributed by atoms with Gasteiger partial charge >= 0.3 is 0 Å². The Kier molecular flexibility index (Phi) is 5.43. The highest BCUT2D eigenvalue weighted by Gasteiger charge is 2.31. The lowest BCUT2D eigenvalue weighted by Gasteiger charge is -2.34. The van der Waals surface area contributed by atoms with Crippen molar-refractivity contribution in [1.29, 1.82) is 0 Å². The van der Waals surface area contributed by atoms with Gasteiger partial charge in [-0.05, 0) is 39.0 Å². The third kappa shape index (κ3) is 4.85. The van der Waals surface area contributed by atoms with Crippen molar-refractivity contribution in [3.63, 3.8) is 0 Å². The quantitative estimate of drug-likeness (QED) is 0.787. The van der Waals surface area contributed by atoms with E-state index in [1.165, 1.54) is 0 Å². The van der Waals surface area contributed by atoms with E-state index in [-0.39, 0.29) is 0 Å². The van der Waals surface area contributed by atoms with Crippen LogP contribution in [-0.2, 0) is 10.2 Å². The summed E-state index contributed by atoms with van der Waals surface area (Å²) < 4.78 is 28.8. The number of nitrogens with one attached hydrogen (secondary N) is 1. The molecule has 0 aromatic rings. The lowest BCUT2D eigenvalue weighted by Crippen LogP contribution is -2.52. The topological polar surface area (TPSA) is 49.4 Å². The highest BCUT2D eigenvalue weighted by atomic mass is 79.9. The minimum absolute atomic E-state index is 0.400. The SMILES string of the molecule is CC1CCCN(S(=O)(=O)NC(C)(C)CCBr)C1. The third-order valence-electron chi connectivity index (χ3n) is 3.08. The normalized spacial score (nSPS) is 23.9. The first-order chi connectivity index (χ1) is 7.77. The molecular formula is C11H23BrN2O2S. The lowest BCUT2D eigenvalue weighted by molar-refractivity contribution is 0.272. The van der Waals surface area contributed by atoms with Crippen molar-refractivity contribution in [2.45, 2.75) is 45.6 Å². The molecule has 1 saturated heterocycles. The number of hydrogen-bond acceptors (Lipinski definition) is 2. The molecule has 1 fully saturated rings. The average molecular weight is 327 g/mol. The van der Waals surface area contributed by atoms with Gasteiger partial charge in [0.05, 0.1) is 0 Å². The Balaban J connectivity index is 2.67. The van der Waals surface area contributed by atoms with Crippen LogP contribution < -0.4 is 4.72 Å². The smallest absolute Gasteiger partial charge is 0.196 e. The summed E-state index contributed by atoms with van der Waals surface area (Å²) in [4.78, 5) is 0. The molecule has 1 heterocycles. The molecule has 6 heteroatoms. The van der Waals surface area contributed by atoms with E-state index in [0.29, 0.717) is 19.0 Å². The highest BCUT2D eigenvalue weighted by Crippen LogP contribution is 2.20. The van der Waals surface area contributed by atoms with Gasteiger partial charge in [-0.1, -0.05) is 22.9 Å². The molecule has 102 valence electrons. The minimum atomic E-state index is -3.33. The summed E-state index contributed by atoms with van der Waals surface area (Å²) in [5.74, 6) is 0.458. The molecule has 1 rings (SSSR count). The summed E-state index contributed by atoms with van der Waals surface area (Å²) in [6.07, 6.45) is 2.85. The average Bonchev–Trinajstić information content (AvgIpc) is 2.15. The molecule has 1 unspecified atom stereocenters. The van der Waals surface area contributed by atoms with E-state index >= 15 is 0 Å². The maximum atomic E-state index is 12.2. The molecule has 0 bridgehead atoms. The Morgan fingerprint density at radius 2 is 2.12 bits per heavy atom. The van der Waals surface area contributed by atoms with Gasteiger partial charge in [0.15, 0.2) is 0 Å². The standard InChI is InChI=1S/C11H23BrN2O2S/c1-10-5-4-8-14(9-10)17(15,16)13-11(2,3)6-7-12/h10,13H,4-9H2,1-3H3. The molecule has 1 N–H and O–H groups in total. The second-order valence-electron chi connectivity index (χ2n) is 5.54. The summed E-state index contributed by atoms with van der Waals surface area (Å²) in [6, 6.07) is 0. The number of halogens is 1. The predicted molar refractivity (Wildman–Crippen MR) is 74.5 cm³/mol. The van der Waals surface area contributed by atoms with Gasteiger partial charge in [0.25, 0.3) is 10.2 Å². The molecule has 0 radical (unpaired) electrons. The van der Waals surface area contributed by atoms with Crippen molar-refractivity contribution < 1.29 is 8.42 Å². The van der Waals surface area contributed by atoms with Crippen LogP contribution in [0, 0.1) is 5.92 Å². The van der Waals surface area contributed by atoms with E-state index in [4.69, 9.17) is 0 Å². The molecule has 4 nitrogen and oxygen atoms in total. The number of rotatable bonds is 5. The zero-order valence-electron chi connectivity index (χ0n) is 10.9.